The van der Waals surface area contributed by atoms with Crippen LogP contribution in [-0.4, -0.2) is 47.8 Å². The van der Waals surface area contributed by atoms with Crippen LogP contribution in [-0.2, 0) is 18.4 Å². The average Bonchev–Trinajstić information content (AvgIpc) is 3.02. The third-order valence-corrected chi connectivity index (χ3v) is 7.73. The lowest BCUT2D eigenvalue weighted by Gasteiger charge is -2.23. The molecule has 0 aromatic carbocycles. The van der Waals surface area contributed by atoms with Crippen LogP contribution in [0.2, 0.25) is 0 Å². The van der Waals surface area contributed by atoms with Crippen molar-refractivity contribution in [3.63, 3.8) is 0 Å². The molecule has 0 saturated heterocycles. The number of phosphoric ester groups is 1. The molecule has 3 unspecified atom stereocenters. The number of rotatable bonds is 30. The van der Waals surface area contributed by atoms with Gasteiger partial charge in [0.25, 0.3) is 0 Å². The molecule has 0 saturated carbocycles. The lowest BCUT2D eigenvalue weighted by molar-refractivity contribution is -0.123. The van der Waals surface area contributed by atoms with Crippen molar-refractivity contribution in [1.82, 2.24) is 5.32 Å². The minimum atomic E-state index is -4.35. The van der Waals surface area contributed by atoms with Gasteiger partial charge in [0.05, 0.1) is 25.4 Å². The van der Waals surface area contributed by atoms with Crippen molar-refractivity contribution in [2.75, 3.05) is 19.8 Å². The van der Waals surface area contributed by atoms with Crippen LogP contribution in [0.1, 0.15) is 117 Å². The predicted octanol–water partition coefficient (Wildman–Crippen LogP) is 8.54. The highest BCUT2D eigenvalue weighted by molar-refractivity contribution is 7.47. The first-order valence-electron chi connectivity index (χ1n) is 17.1. The van der Waals surface area contributed by atoms with E-state index in [1.807, 2.05) is 6.08 Å². The smallest absolute Gasteiger partial charge is 0.387 e. The Balaban J connectivity index is 4.55. The molecule has 0 aliphatic rings. The molecule has 0 heterocycles. The van der Waals surface area contributed by atoms with Crippen molar-refractivity contribution in [3.8, 4) is 0 Å². The average molecular weight is 651 g/mol. The van der Waals surface area contributed by atoms with Crippen molar-refractivity contribution in [2.45, 2.75) is 129 Å². The lowest BCUT2D eigenvalue weighted by Crippen LogP contribution is -2.45. The van der Waals surface area contributed by atoms with Crippen LogP contribution in [0.4, 0.5) is 0 Å². The van der Waals surface area contributed by atoms with E-state index in [4.69, 9.17) is 14.8 Å². The number of phosphoric acid groups is 1. The Morgan fingerprint density at radius 1 is 0.756 bits per heavy atom. The van der Waals surface area contributed by atoms with Gasteiger partial charge in [0, 0.05) is 13.0 Å². The summed E-state index contributed by atoms with van der Waals surface area (Å²) in [5, 5.41) is 13.5. The van der Waals surface area contributed by atoms with E-state index in [0.29, 0.717) is 12.8 Å². The second-order valence-corrected chi connectivity index (χ2v) is 12.4. The summed E-state index contributed by atoms with van der Waals surface area (Å²) >= 11 is 0. The number of unbranched alkanes of at least 4 members (excludes halogenated alkanes) is 8. The molecule has 5 N–H and O–H groups in total. The van der Waals surface area contributed by atoms with Gasteiger partial charge in [-0.2, -0.15) is 0 Å². The van der Waals surface area contributed by atoms with Crippen LogP contribution in [0.25, 0.3) is 0 Å². The van der Waals surface area contributed by atoms with Crippen molar-refractivity contribution >= 4 is 13.7 Å². The highest BCUT2D eigenvalue weighted by Crippen LogP contribution is 2.43. The van der Waals surface area contributed by atoms with Crippen molar-refractivity contribution in [3.05, 3.63) is 72.9 Å². The van der Waals surface area contributed by atoms with Crippen LogP contribution < -0.4 is 11.1 Å². The Kier molecular flexibility index (Phi) is 30.4. The van der Waals surface area contributed by atoms with Gasteiger partial charge in [0.1, 0.15) is 0 Å². The van der Waals surface area contributed by atoms with E-state index in [-0.39, 0.29) is 25.7 Å². The SMILES string of the molecule is CC/C=C\C/C=C\C/C=C\CCCCCC(=O)NC(COP(=O)(O)OCCN)C(O)/C=C/CC/C=C/CC/C=C/CCCCC. The van der Waals surface area contributed by atoms with E-state index in [9.17, 15) is 19.4 Å². The molecule has 0 bridgehead atoms. The maximum Gasteiger partial charge on any atom is 0.472 e. The zero-order chi connectivity index (χ0) is 33.3. The van der Waals surface area contributed by atoms with Gasteiger partial charge in [-0.25, -0.2) is 4.57 Å². The number of nitrogens with two attached hydrogens (primary N) is 1. The number of hydrogen-bond donors (Lipinski definition) is 4. The first-order chi connectivity index (χ1) is 21.9. The summed E-state index contributed by atoms with van der Waals surface area (Å²) < 4.78 is 21.9. The molecule has 0 fully saturated rings. The monoisotopic (exact) mass is 650 g/mol. The van der Waals surface area contributed by atoms with Crippen LogP contribution in [0, 0.1) is 0 Å². The Labute approximate surface area is 274 Å². The molecule has 0 radical (unpaired) electrons. The van der Waals surface area contributed by atoms with E-state index in [0.717, 1.165) is 70.6 Å². The number of hydrogen-bond acceptors (Lipinski definition) is 6. The summed E-state index contributed by atoms with van der Waals surface area (Å²) in [5.74, 6) is -0.244. The summed E-state index contributed by atoms with van der Waals surface area (Å²) in [7, 11) is -4.35. The highest BCUT2D eigenvalue weighted by atomic mass is 31.2. The number of aliphatic hydroxyl groups is 1. The number of allylic oxidation sites excluding steroid dienone is 11. The van der Waals surface area contributed by atoms with Gasteiger partial charge in [-0.3, -0.25) is 13.8 Å². The number of amides is 1. The molecule has 0 aliphatic heterocycles. The molecule has 0 aromatic heterocycles. The minimum absolute atomic E-state index is 0.0629. The van der Waals surface area contributed by atoms with Gasteiger partial charge in [-0.05, 0) is 77.0 Å². The predicted molar refractivity (Wildman–Crippen MR) is 189 cm³/mol. The Morgan fingerprint density at radius 3 is 1.93 bits per heavy atom. The van der Waals surface area contributed by atoms with Crippen molar-refractivity contribution in [2.24, 2.45) is 5.73 Å². The van der Waals surface area contributed by atoms with Crippen molar-refractivity contribution < 1.29 is 28.4 Å². The zero-order valence-corrected chi connectivity index (χ0v) is 29.0. The Bertz CT molecular complexity index is 929. The third-order valence-electron chi connectivity index (χ3n) is 6.74. The molecule has 0 aromatic rings. The van der Waals surface area contributed by atoms with Crippen LogP contribution in [0.15, 0.2) is 72.9 Å². The standard InChI is InChI=1S/C36H63N2O6P/c1-3-5-7-9-11-13-15-17-19-21-23-25-27-29-35(39)34(33-44-45(41,42)43-32-31-37)38-36(40)30-28-26-24-22-20-18-16-14-12-10-8-6-4-2/h6,8,11-14,18-21,27,29,34-35,39H,3-5,7,9-10,15-17,22-26,28,30-33,37H2,1-2H3,(H,38,40)(H,41,42)/b8-6-,13-11+,14-12-,20-18-,21-19+,29-27+. The van der Waals surface area contributed by atoms with E-state index in [2.05, 4.69) is 79.9 Å². The number of nitrogens with one attached hydrogen (secondary N) is 1. The van der Waals surface area contributed by atoms with Gasteiger partial charge < -0.3 is 21.1 Å². The lowest BCUT2D eigenvalue weighted by atomic mass is 10.1. The quantitative estimate of drug-likeness (QED) is 0.0348. The van der Waals surface area contributed by atoms with Gasteiger partial charge in [0.15, 0.2) is 0 Å². The van der Waals surface area contributed by atoms with Crippen LogP contribution >= 0.6 is 7.82 Å². The number of carbonyl (C=O) groups excluding carboxylic acids is 1. The topological polar surface area (TPSA) is 131 Å². The Hall–Kier alpha value is -2.06. The third kappa shape index (κ3) is 30.4. The molecule has 45 heavy (non-hydrogen) atoms. The second-order valence-electron chi connectivity index (χ2n) is 11.0. The first kappa shape index (κ1) is 42.9. The molecule has 8 nitrogen and oxygen atoms in total. The maximum atomic E-state index is 12.6. The van der Waals surface area contributed by atoms with Gasteiger partial charge in [0.2, 0.25) is 5.91 Å². The summed E-state index contributed by atoms with van der Waals surface area (Å²) in [5.41, 5.74) is 5.33. The zero-order valence-electron chi connectivity index (χ0n) is 28.1. The molecule has 3 atom stereocenters. The Morgan fingerprint density at radius 2 is 1.31 bits per heavy atom. The molecule has 0 rings (SSSR count). The minimum Gasteiger partial charge on any atom is -0.387 e. The maximum absolute atomic E-state index is 12.6. The summed E-state index contributed by atoms with van der Waals surface area (Å²) in [4.78, 5) is 22.5. The molecule has 0 spiro atoms. The van der Waals surface area contributed by atoms with E-state index in [1.54, 1.807) is 6.08 Å². The van der Waals surface area contributed by atoms with Gasteiger partial charge >= 0.3 is 7.82 Å². The molecule has 9 heteroatoms. The summed E-state index contributed by atoms with van der Waals surface area (Å²) in [6.45, 7) is 3.88. The molecule has 1 amide bonds. The molecule has 0 aliphatic carbocycles. The fourth-order valence-corrected chi connectivity index (χ4v) is 4.93. The fourth-order valence-electron chi connectivity index (χ4n) is 4.17. The van der Waals surface area contributed by atoms with Crippen molar-refractivity contribution in [1.29, 1.82) is 0 Å². The van der Waals surface area contributed by atoms with Gasteiger partial charge in [-0.15, -0.1) is 0 Å². The number of carbonyl (C=O) groups is 1. The highest BCUT2D eigenvalue weighted by Gasteiger charge is 2.26. The number of aliphatic hydroxyl groups excluding tert-OH is 1. The van der Waals surface area contributed by atoms with E-state index in [1.165, 1.54) is 19.3 Å². The molecule has 258 valence electrons. The van der Waals surface area contributed by atoms with Gasteiger partial charge in [-0.1, -0.05) is 106 Å². The molecular weight excluding hydrogens is 587 g/mol. The molecular formula is C36H63N2O6P. The largest absolute Gasteiger partial charge is 0.472 e. The first-order valence-corrected chi connectivity index (χ1v) is 18.6. The second kappa shape index (κ2) is 31.9. The van der Waals surface area contributed by atoms with Crippen LogP contribution in [0.3, 0.4) is 0 Å². The van der Waals surface area contributed by atoms with E-state index < -0.39 is 20.0 Å². The van der Waals surface area contributed by atoms with Crippen LogP contribution in [0.5, 0.6) is 0 Å². The summed E-state index contributed by atoms with van der Waals surface area (Å²) in [6.07, 6.45) is 39.5. The summed E-state index contributed by atoms with van der Waals surface area (Å²) in [6, 6.07) is -0.899. The van der Waals surface area contributed by atoms with E-state index >= 15 is 0 Å². The normalized spacial score (nSPS) is 15.4. The fraction of sp³-hybridized carbons (Fsp3) is 0.639.